The van der Waals surface area contributed by atoms with Crippen LogP contribution in [0.15, 0.2) is 59.6 Å². The highest BCUT2D eigenvalue weighted by Crippen LogP contribution is 2.28. The molecule has 1 saturated carbocycles. The van der Waals surface area contributed by atoms with Crippen molar-refractivity contribution < 1.29 is 33.9 Å². The van der Waals surface area contributed by atoms with Gasteiger partial charge in [0, 0.05) is 25.9 Å². The van der Waals surface area contributed by atoms with Gasteiger partial charge in [0.15, 0.2) is 5.96 Å². The number of guanidine groups is 1. The molecule has 2 aliphatic rings. The van der Waals surface area contributed by atoms with Gasteiger partial charge in [-0.3, -0.25) is 29.0 Å². The Morgan fingerprint density at radius 3 is 2.10 bits per heavy atom. The fourth-order valence-corrected chi connectivity index (χ4v) is 7.62. The van der Waals surface area contributed by atoms with E-state index in [4.69, 9.17) is 17.2 Å². The number of aliphatic imine (C=N–C) groups is 1. The first-order valence-electron chi connectivity index (χ1n) is 20.4. The summed E-state index contributed by atoms with van der Waals surface area (Å²) in [5.74, 6) is -4.72. The minimum absolute atomic E-state index is 0.0300. The summed E-state index contributed by atoms with van der Waals surface area (Å²) in [4.78, 5) is 87.8. The summed E-state index contributed by atoms with van der Waals surface area (Å²) >= 11 is 0. The Labute approximate surface area is 340 Å². The lowest BCUT2D eigenvalue weighted by molar-refractivity contribution is -0.147. The van der Waals surface area contributed by atoms with Gasteiger partial charge in [0.2, 0.25) is 29.5 Å². The van der Waals surface area contributed by atoms with Gasteiger partial charge in [0.05, 0.1) is 6.04 Å². The average Bonchev–Trinajstić information content (AvgIpc) is 3.21. The largest absolute Gasteiger partial charge is 0.480 e. The third kappa shape index (κ3) is 12.7. The van der Waals surface area contributed by atoms with Crippen LogP contribution in [0.3, 0.4) is 0 Å². The maximum absolute atomic E-state index is 14.8. The quantitative estimate of drug-likeness (QED) is 0.0572. The smallest absolute Gasteiger partial charge is 0.326 e. The molecule has 1 aliphatic carbocycles. The number of aliphatic carboxylic acids is 1. The molecule has 1 aliphatic heterocycles. The third-order valence-electron chi connectivity index (χ3n) is 11.0. The molecule has 0 bridgehead atoms. The molecule has 2 aromatic carbocycles. The predicted octanol–water partition coefficient (Wildman–Crippen LogP) is 1.23. The van der Waals surface area contributed by atoms with Crippen LogP contribution in [0.1, 0.15) is 88.8 Å². The van der Waals surface area contributed by atoms with Crippen molar-refractivity contribution in [2.45, 2.75) is 128 Å². The molecule has 2 aromatic rings. The van der Waals surface area contributed by atoms with Crippen molar-refractivity contribution in [1.29, 1.82) is 0 Å². The monoisotopic (exact) mass is 803 g/mol. The van der Waals surface area contributed by atoms with Gasteiger partial charge in [-0.15, -0.1) is 0 Å². The molecule has 16 nitrogen and oxygen atoms in total. The zero-order valence-electron chi connectivity index (χ0n) is 33.8. The predicted molar refractivity (Wildman–Crippen MR) is 220 cm³/mol. The number of carboxylic acid groups (broad SMARTS) is 1. The number of carboxylic acids is 1. The minimum atomic E-state index is -1.27. The van der Waals surface area contributed by atoms with E-state index in [1.54, 1.807) is 45.0 Å². The normalized spacial score (nSPS) is 18.0. The van der Waals surface area contributed by atoms with Gasteiger partial charge in [0.1, 0.15) is 30.2 Å². The molecule has 16 heteroatoms. The van der Waals surface area contributed by atoms with Crippen LogP contribution in [0.2, 0.25) is 0 Å². The fraction of sp³-hybridized carbons (Fsp3) is 0.548. The second kappa shape index (κ2) is 21.9. The zero-order valence-corrected chi connectivity index (χ0v) is 33.8. The lowest BCUT2D eigenvalue weighted by Crippen LogP contribution is -2.62. The molecule has 0 aromatic heterocycles. The molecule has 0 spiro atoms. The first kappa shape index (κ1) is 45.2. The Bertz CT molecular complexity index is 1760. The number of nitrogens with zero attached hydrogens (tertiary/aromatic N) is 2. The van der Waals surface area contributed by atoms with E-state index in [9.17, 15) is 33.9 Å². The number of amides is 5. The second-order valence-electron chi connectivity index (χ2n) is 15.7. The van der Waals surface area contributed by atoms with Crippen molar-refractivity contribution in [3.63, 3.8) is 0 Å². The molecule has 0 radical (unpaired) electrons. The Kier molecular flexibility index (Phi) is 17.0. The first-order chi connectivity index (χ1) is 27.7. The highest BCUT2D eigenvalue weighted by Gasteiger charge is 2.41. The van der Waals surface area contributed by atoms with E-state index in [2.05, 4.69) is 26.3 Å². The highest BCUT2D eigenvalue weighted by atomic mass is 16.4. The van der Waals surface area contributed by atoms with Gasteiger partial charge < -0.3 is 48.5 Å². The molecule has 0 saturated heterocycles. The number of hydrogen-bond acceptors (Lipinski definition) is 8. The molecular formula is C42H61N9O7. The number of rotatable bonds is 19. The van der Waals surface area contributed by atoms with Gasteiger partial charge in [-0.05, 0) is 60.6 Å². The number of nitrogens with one attached hydrogen (secondary N) is 4. The van der Waals surface area contributed by atoms with Crippen LogP contribution >= 0.6 is 0 Å². The Morgan fingerprint density at radius 2 is 1.48 bits per heavy atom. The van der Waals surface area contributed by atoms with Crippen molar-refractivity contribution in [3.8, 4) is 0 Å². The Hall–Kier alpha value is -5.51. The van der Waals surface area contributed by atoms with E-state index in [0.29, 0.717) is 24.8 Å². The number of nitrogens with two attached hydrogens (primary N) is 3. The average molecular weight is 804 g/mol. The first-order valence-corrected chi connectivity index (χ1v) is 20.4. The van der Waals surface area contributed by atoms with Crippen molar-refractivity contribution in [2.24, 2.45) is 34.0 Å². The summed E-state index contributed by atoms with van der Waals surface area (Å²) in [7, 11) is 0. The van der Waals surface area contributed by atoms with Gasteiger partial charge in [-0.1, -0.05) is 94.6 Å². The molecule has 1 unspecified atom stereocenters. The molecule has 1 heterocycles. The van der Waals surface area contributed by atoms with Crippen molar-refractivity contribution >= 4 is 41.5 Å². The summed E-state index contributed by atoms with van der Waals surface area (Å²) in [5.41, 5.74) is 19.4. The van der Waals surface area contributed by atoms with Crippen molar-refractivity contribution in [1.82, 2.24) is 26.2 Å². The van der Waals surface area contributed by atoms with Crippen LogP contribution in [0.4, 0.5) is 0 Å². The standard InChI is InChI=1S/C42H61N9O7/c1-4-30(43)36(52)49-34(25(2)3)38(54)50-35(27-16-9-6-10-17-27)39(55)47-31(20-13-21-46-42(44)45)40(56)51-24-29-19-12-11-18-28(29)23-33(51)37(53)48-32(41(57)58)22-26-14-7-5-8-15-26/h5,7-8,11-12,14-15,18-19,25,27,30-35H,4,6,9-10,13,16-17,20-24,43H2,1-3H3,(H,47,55)(H,48,53)(H,49,52)(H,50,54)(H,57,58)(H4,44,45,46)/t30-,31-,32-,33-,34-,35?/m0/s1. The molecule has 1 fully saturated rings. The molecule has 11 N–H and O–H groups in total. The molecule has 5 amide bonds. The Balaban J connectivity index is 1.65. The molecule has 6 atom stereocenters. The number of carbonyl (C=O) groups excluding carboxylic acids is 5. The van der Waals surface area contributed by atoms with E-state index < -0.39 is 71.8 Å². The van der Waals surface area contributed by atoms with Crippen molar-refractivity contribution in [3.05, 3.63) is 71.3 Å². The van der Waals surface area contributed by atoms with E-state index in [1.807, 2.05) is 30.3 Å². The topological polar surface area (TPSA) is 264 Å². The van der Waals surface area contributed by atoms with Crippen LogP contribution in [-0.2, 0) is 48.2 Å². The SMILES string of the molecule is CC[C@H](N)C(=O)N[C@H](C(=O)NC(C(=O)N[C@@H](CCCN=C(N)N)C(=O)N1Cc2ccccc2C[C@H]1C(=O)N[C@@H](Cc1ccccc1)C(=O)O)C1CCCCC1)C(C)C. The van der Waals surface area contributed by atoms with Crippen LogP contribution in [0, 0.1) is 11.8 Å². The third-order valence-corrected chi connectivity index (χ3v) is 11.0. The fourth-order valence-electron chi connectivity index (χ4n) is 7.62. The van der Waals surface area contributed by atoms with Crippen LogP contribution < -0.4 is 38.5 Å². The summed E-state index contributed by atoms with van der Waals surface area (Å²) < 4.78 is 0. The lowest BCUT2D eigenvalue weighted by Gasteiger charge is -2.39. The maximum Gasteiger partial charge on any atom is 0.326 e. The van der Waals surface area contributed by atoms with E-state index >= 15 is 0 Å². The zero-order chi connectivity index (χ0) is 42.4. The number of fused-ring (bicyclic) bond motifs is 1. The maximum atomic E-state index is 14.8. The van der Waals surface area contributed by atoms with Crippen LogP contribution in [-0.4, -0.2) is 94.3 Å². The van der Waals surface area contributed by atoms with Crippen LogP contribution in [0.5, 0.6) is 0 Å². The van der Waals surface area contributed by atoms with E-state index in [-0.39, 0.29) is 56.6 Å². The molecule has 4 rings (SSSR count). The van der Waals surface area contributed by atoms with E-state index in [1.165, 1.54) is 4.90 Å². The molecular weight excluding hydrogens is 743 g/mol. The number of carbonyl (C=O) groups is 6. The molecule has 58 heavy (non-hydrogen) atoms. The van der Waals surface area contributed by atoms with Crippen molar-refractivity contribution in [2.75, 3.05) is 6.54 Å². The molecule has 316 valence electrons. The van der Waals surface area contributed by atoms with Gasteiger partial charge in [0.25, 0.3) is 0 Å². The van der Waals surface area contributed by atoms with Crippen LogP contribution in [0.25, 0.3) is 0 Å². The Morgan fingerprint density at radius 1 is 0.828 bits per heavy atom. The highest BCUT2D eigenvalue weighted by molar-refractivity contribution is 5.97. The van der Waals surface area contributed by atoms with Gasteiger partial charge in [-0.25, -0.2) is 4.79 Å². The number of hydrogen-bond donors (Lipinski definition) is 8. The summed E-state index contributed by atoms with van der Waals surface area (Å²) in [6, 6.07) is 9.96. The summed E-state index contributed by atoms with van der Waals surface area (Å²) in [6.45, 7) is 5.53. The van der Waals surface area contributed by atoms with Gasteiger partial charge in [-0.2, -0.15) is 0 Å². The summed E-state index contributed by atoms with van der Waals surface area (Å²) in [6.07, 6.45) is 4.92. The van der Waals surface area contributed by atoms with E-state index in [0.717, 1.165) is 30.4 Å². The van der Waals surface area contributed by atoms with Gasteiger partial charge >= 0.3 is 5.97 Å². The number of benzene rings is 2. The second-order valence-corrected chi connectivity index (χ2v) is 15.7. The minimum Gasteiger partial charge on any atom is -0.480 e. The summed E-state index contributed by atoms with van der Waals surface area (Å²) in [5, 5.41) is 21.4. The lowest BCUT2D eigenvalue weighted by atomic mass is 9.83.